The normalized spacial score (nSPS) is 11.8. The van der Waals surface area contributed by atoms with E-state index in [9.17, 15) is 14.4 Å². The van der Waals surface area contributed by atoms with Gasteiger partial charge in [0.15, 0.2) is 0 Å². The van der Waals surface area contributed by atoms with E-state index in [0.29, 0.717) is 0 Å². The van der Waals surface area contributed by atoms with Crippen LogP contribution in [0.25, 0.3) is 0 Å². The Morgan fingerprint density at radius 2 is 1.64 bits per heavy atom. The number of alkyl carbamates (subject to hydrolysis) is 1. The monoisotopic (exact) mass is 349 g/mol. The van der Waals surface area contributed by atoms with E-state index in [1.165, 1.54) is 0 Å². The van der Waals surface area contributed by atoms with Crippen LogP contribution in [0.3, 0.4) is 0 Å². The van der Waals surface area contributed by atoms with Crippen molar-refractivity contribution in [1.82, 2.24) is 5.32 Å². The number of ether oxygens (including phenoxy) is 3. The first-order valence-electron chi connectivity index (χ1n) is 7.89. The van der Waals surface area contributed by atoms with Crippen LogP contribution in [-0.2, 0) is 30.4 Å². The summed E-state index contributed by atoms with van der Waals surface area (Å²) < 4.78 is 14.8. The van der Waals surface area contributed by atoms with E-state index in [2.05, 4.69) is 5.32 Å². The highest BCUT2D eigenvalue weighted by molar-refractivity contribution is 5.91. The van der Waals surface area contributed by atoms with Crippen molar-refractivity contribution in [3.8, 4) is 0 Å². The number of amides is 1. The second kappa shape index (κ2) is 10.9. The Kier molecular flexibility index (Phi) is 8.78. The molecule has 1 aromatic carbocycles. The molecule has 0 radical (unpaired) electrons. The molecule has 0 fully saturated rings. The van der Waals surface area contributed by atoms with E-state index in [0.717, 1.165) is 17.7 Å². The zero-order chi connectivity index (χ0) is 18.7. The van der Waals surface area contributed by atoms with Crippen molar-refractivity contribution in [2.45, 2.75) is 39.5 Å². The minimum absolute atomic E-state index is 0.0527. The van der Waals surface area contributed by atoms with Gasteiger partial charge in [0.25, 0.3) is 0 Å². The van der Waals surface area contributed by atoms with Gasteiger partial charge in [-0.25, -0.2) is 14.4 Å². The van der Waals surface area contributed by atoms with Gasteiger partial charge in [0.2, 0.25) is 0 Å². The van der Waals surface area contributed by atoms with Gasteiger partial charge in [-0.05, 0) is 26.3 Å². The number of esters is 2. The third-order valence-corrected chi connectivity index (χ3v) is 2.76. The van der Waals surface area contributed by atoms with Crippen LogP contribution in [0.2, 0.25) is 0 Å². The fraction of sp³-hybridized carbons (Fsp3) is 0.389. The number of carbonyl (C=O) groups excluding carboxylic acids is 3. The van der Waals surface area contributed by atoms with Crippen LogP contribution in [0.15, 0.2) is 42.5 Å². The van der Waals surface area contributed by atoms with Gasteiger partial charge in [0.1, 0.15) is 13.2 Å². The summed E-state index contributed by atoms with van der Waals surface area (Å²) >= 11 is 0. The second-order valence-corrected chi connectivity index (χ2v) is 5.56. The molecule has 0 aliphatic rings. The molecular formula is C18H23NO6. The minimum Gasteiger partial charge on any atom is -0.460 e. The summed E-state index contributed by atoms with van der Waals surface area (Å²) in [6.45, 7) is 5.17. The quantitative estimate of drug-likeness (QED) is 0.440. The topological polar surface area (TPSA) is 90.9 Å². The second-order valence-electron chi connectivity index (χ2n) is 5.56. The molecule has 7 heteroatoms. The predicted octanol–water partition coefficient (Wildman–Crippen LogP) is 2.35. The van der Waals surface area contributed by atoms with Crippen LogP contribution in [0.1, 0.15) is 26.3 Å². The Balaban J connectivity index is 2.23. The van der Waals surface area contributed by atoms with Gasteiger partial charge in [-0.3, -0.25) is 0 Å². The number of hydrogen-bond acceptors (Lipinski definition) is 6. The molecule has 0 aliphatic carbocycles. The van der Waals surface area contributed by atoms with E-state index in [1.54, 1.807) is 20.8 Å². The van der Waals surface area contributed by atoms with Gasteiger partial charge in [-0.1, -0.05) is 30.3 Å². The molecular weight excluding hydrogens is 326 g/mol. The number of carbonyl (C=O) groups is 3. The van der Waals surface area contributed by atoms with Crippen molar-refractivity contribution >= 4 is 18.0 Å². The fourth-order valence-corrected chi connectivity index (χ4v) is 1.67. The molecule has 7 nitrogen and oxygen atoms in total. The Hall–Kier alpha value is -2.83. The highest BCUT2D eigenvalue weighted by Gasteiger charge is 2.10. The molecule has 0 heterocycles. The van der Waals surface area contributed by atoms with Crippen molar-refractivity contribution in [1.29, 1.82) is 0 Å². The lowest BCUT2D eigenvalue weighted by molar-refractivity contribution is -0.143. The predicted molar refractivity (Wildman–Crippen MR) is 90.6 cm³/mol. The van der Waals surface area contributed by atoms with Crippen molar-refractivity contribution in [3.63, 3.8) is 0 Å². The molecule has 0 aromatic heterocycles. The first-order valence-corrected chi connectivity index (χ1v) is 7.89. The first kappa shape index (κ1) is 20.2. The SMILES string of the molecule is CC(C)OC(=O)/C=C/C(=O)OC[C@@H](C)NC(=O)OCc1ccccc1. The molecule has 0 unspecified atom stereocenters. The van der Waals surface area contributed by atoms with Gasteiger partial charge in [0.05, 0.1) is 12.1 Å². The average molecular weight is 349 g/mol. The van der Waals surface area contributed by atoms with Crippen molar-refractivity contribution in [2.24, 2.45) is 0 Å². The summed E-state index contributed by atoms with van der Waals surface area (Å²) in [6, 6.07) is 8.82. The maximum absolute atomic E-state index is 11.6. The van der Waals surface area contributed by atoms with E-state index in [-0.39, 0.29) is 19.3 Å². The molecule has 0 bridgehead atoms. The van der Waals surface area contributed by atoms with Gasteiger partial charge in [-0.2, -0.15) is 0 Å². The maximum Gasteiger partial charge on any atom is 0.407 e. The van der Waals surface area contributed by atoms with Crippen molar-refractivity contribution in [2.75, 3.05) is 6.61 Å². The van der Waals surface area contributed by atoms with Gasteiger partial charge >= 0.3 is 18.0 Å². The van der Waals surface area contributed by atoms with Crippen LogP contribution >= 0.6 is 0 Å². The minimum atomic E-state index is -0.702. The number of hydrogen-bond donors (Lipinski definition) is 1. The zero-order valence-electron chi connectivity index (χ0n) is 14.6. The highest BCUT2D eigenvalue weighted by Crippen LogP contribution is 2.01. The number of nitrogens with one attached hydrogen (secondary N) is 1. The highest BCUT2D eigenvalue weighted by atomic mass is 16.6. The largest absolute Gasteiger partial charge is 0.460 e. The molecule has 1 amide bonds. The maximum atomic E-state index is 11.6. The Bertz CT molecular complexity index is 597. The van der Waals surface area contributed by atoms with Crippen LogP contribution in [0.5, 0.6) is 0 Å². The molecule has 0 spiro atoms. The smallest absolute Gasteiger partial charge is 0.407 e. The van der Waals surface area contributed by atoms with Crippen molar-refractivity contribution < 1.29 is 28.6 Å². The summed E-state index contributed by atoms with van der Waals surface area (Å²) in [5, 5.41) is 2.54. The Morgan fingerprint density at radius 1 is 1.00 bits per heavy atom. The molecule has 1 aromatic rings. The lowest BCUT2D eigenvalue weighted by Crippen LogP contribution is -2.36. The summed E-state index contributed by atoms with van der Waals surface area (Å²) in [6.07, 6.45) is 1.10. The lowest BCUT2D eigenvalue weighted by Gasteiger charge is -2.13. The summed E-state index contributed by atoms with van der Waals surface area (Å²) in [5.41, 5.74) is 0.871. The fourth-order valence-electron chi connectivity index (χ4n) is 1.67. The van der Waals surface area contributed by atoms with Crippen LogP contribution in [-0.4, -0.2) is 36.8 Å². The Morgan fingerprint density at radius 3 is 2.28 bits per heavy atom. The number of benzene rings is 1. The van der Waals surface area contributed by atoms with Gasteiger partial charge in [0, 0.05) is 12.2 Å². The third kappa shape index (κ3) is 9.80. The summed E-state index contributed by atoms with van der Waals surface area (Å²) in [5.74, 6) is -1.32. The van der Waals surface area contributed by atoms with E-state index in [1.807, 2.05) is 30.3 Å². The van der Waals surface area contributed by atoms with Gasteiger partial charge < -0.3 is 19.5 Å². The van der Waals surface area contributed by atoms with E-state index in [4.69, 9.17) is 14.2 Å². The molecule has 0 aliphatic heterocycles. The molecule has 25 heavy (non-hydrogen) atoms. The van der Waals surface area contributed by atoms with E-state index < -0.39 is 24.1 Å². The van der Waals surface area contributed by atoms with Crippen LogP contribution in [0, 0.1) is 0 Å². The van der Waals surface area contributed by atoms with Crippen LogP contribution in [0.4, 0.5) is 4.79 Å². The zero-order valence-corrected chi connectivity index (χ0v) is 14.6. The molecule has 1 rings (SSSR count). The molecule has 0 saturated carbocycles. The summed E-state index contributed by atoms with van der Waals surface area (Å²) in [7, 11) is 0. The molecule has 0 saturated heterocycles. The standard InChI is InChI=1S/C18H23NO6/c1-13(2)25-17(21)10-9-16(20)23-11-14(3)19-18(22)24-12-15-7-5-4-6-8-15/h4-10,13-14H,11-12H2,1-3H3,(H,19,22)/b10-9+/t14-/m1/s1. The molecule has 1 N–H and O–H groups in total. The Labute approximate surface area is 146 Å². The van der Waals surface area contributed by atoms with Crippen LogP contribution < -0.4 is 5.32 Å². The number of rotatable bonds is 8. The van der Waals surface area contributed by atoms with Crippen molar-refractivity contribution in [3.05, 3.63) is 48.0 Å². The first-order chi connectivity index (χ1) is 11.9. The average Bonchev–Trinajstić information content (AvgIpc) is 2.56. The van der Waals surface area contributed by atoms with E-state index >= 15 is 0 Å². The molecule has 136 valence electrons. The third-order valence-electron chi connectivity index (χ3n) is 2.76. The molecule has 1 atom stereocenters. The lowest BCUT2D eigenvalue weighted by atomic mass is 10.2. The van der Waals surface area contributed by atoms with Gasteiger partial charge in [-0.15, -0.1) is 0 Å². The summed E-state index contributed by atoms with van der Waals surface area (Å²) in [4.78, 5) is 34.4.